The third kappa shape index (κ3) is 3.53. The summed E-state index contributed by atoms with van der Waals surface area (Å²) in [6.45, 7) is 5.00. The van der Waals surface area contributed by atoms with Crippen LogP contribution in [-0.2, 0) is 13.1 Å². The molecule has 4 rings (SSSR count). The molecule has 6 heteroatoms. The van der Waals surface area contributed by atoms with E-state index in [1.54, 1.807) is 10.9 Å². The molecule has 0 fully saturated rings. The molecule has 0 atom stereocenters. The van der Waals surface area contributed by atoms with Gasteiger partial charge in [-0.15, -0.1) is 0 Å². The first-order valence-corrected chi connectivity index (χ1v) is 9.92. The molecule has 0 aliphatic rings. The molecule has 0 amide bonds. The van der Waals surface area contributed by atoms with E-state index in [1.165, 1.54) is 4.57 Å². The Bertz CT molecular complexity index is 1270. The molecule has 0 radical (unpaired) electrons. The predicted octanol–water partition coefficient (Wildman–Crippen LogP) is 3.51. The van der Waals surface area contributed by atoms with E-state index in [1.807, 2.05) is 66.9 Å². The molecule has 0 spiro atoms. The zero-order chi connectivity index (χ0) is 20.4. The van der Waals surface area contributed by atoms with Crippen molar-refractivity contribution in [3.8, 4) is 5.69 Å². The second kappa shape index (κ2) is 7.91. The number of para-hydroxylation sites is 1. The van der Waals surface area contributed by atoms with Gasteiger partial charge in [-0.25, -0.2) is 14.3 Å². The highest BCUT2D eigenvalue weighted by molar-refractivity contribution is 5.72. The molecule has 29 heavy (non-hydrogen) atoms. The van der Waals surface area contributed by atoms with Crippen LogP contribution in [0, 0.1) is 6.92 Å². The summed E-state index contributed by atoms with van der Waals surface area (Å²) in [5, 5.41) is 0. The van der Waals surface area contributed by atoms with Gasteiger partial charge in [0.25, 0.3) is 5.56 Å². The minimum atomic E-state index is -0.344. The Morgan fingerprint density at radius 2 is 1.79 bits per heavy atom. The largest absolute Gasteiger partial charge is 0.337 e. The zero-order valence-corrected chi connectivity index (χ0v) is 16.7. The van der Waals surface area contributed by atoms with E-state index >= 15 is 0 Å². The molecular weight excluding hydrogens is 364 g/mol. The maximum atomic E-state index is 13.3. The molecule has 6 nitrogen and oxygen atoms in total. The van der Waals surface area contributed by atoms with Crippen LogP contribution in [0.1, 0.15) is 30.9 Å². The number of fused-ring (bicyclic) bond motifs is 1. The molecule has 0 bridgehead atoms. The Labute approximate surface area is 168 Å². The summed E-state index contributed by atoms with van der Waals surface area (Å²) in [7, 11) is 0. The van der Waals surface area contributed by atoms with Gasteiger partial charge in [-0.05, 0) is 31.0 Å². The van der Waals surface area contributed by atoms with Crippen molar-refractivity contribution in [2.24, 2.45) is 0 Å². The Kier molecular flexibility index (Phi) is 5.16. The maximum Gasteiger partial charge on any atom is 0.337 e. The number of benzene rings is 2. The van der Waals surface area contributed by atoms with Crippen molar-refractivity contribution in [2.75, 3.05) is 0 Å². The lowest BCUT2D eigenvalue weighted by molar-refractivity contribution is 0.575. The maximum absolute atomic E-state index is 13.3. The van der Waals surface area contributed by atoms with E-state index in [0.29, 0.717) is 29.9 Å². The Balaban J connectivity index is 1.97. The van der Waals surface area contributed by atoms with Crippen LogP contribution in [0.15, 0.2) is 70.5 Å². The molecule has 0 aliphatic heterocycles. The summed E-state index contributed by atoms with van der Waals surface area (Å²) in [6, 6.07) is 17.5. The molecule has 0 aliphatic carbocycles. The van der Waals surface area contributed by atoms with Gasteiger partial charge in [-0.2, -0.15) is 0 Å². The minimum Gasteiger partial charge on any atom is -0.320 e. The molecule has 2 aromatic heterocycles. The van der Waals surface area contributed by atoms with E-state index in [2.05, 4.69) is 11.1 Å². The van der Waals surface area contributed by atoms with Crippen LogP contribution >= 0.6 is 0 Å². The topological polar surface area (TPSA) is 61.8 Å². The SMILES string of the molecule is CCCCn1c(=O)c2c(ncn2Cc2cccc(C)c2)n(-c2ccccc2)c1=O. The van der Waals surface area contributed by atoms with Gasteiger partial charge in [0.2, 0.25) is 0 Å². The summed E-state index contributed by atoms with van der Waals surface area (Å²) in [5.74, 6) is 0. The molecule has 0 saturated heterocycles. The normalized spacial score (nSPS) is 11.2. The van der Waals surface area contributed by atoms with E-state index < -0.39 is 0 Å². The average molecular weight is 388 g/mol. The van der Waals surface area contributed by atoms with Gasteiger partial charge in [0.1, 0.15) is 0 Å². The fourth-order valence-corrected chi connectivity index (χ4v) is 3.63. The number of rotatable bonds is 6. The smallest absolute Gasteiger partial charge is 0.320 e. The van der Waals surface area contributed by atoms with Crippen molar-refractivity contribution in [2.45, 2.75) is 39.8 Å². The zero-order valence-electron chi connectivity index (χ0n) is 16.7. The van der Waals surface area contributed by atoms with E-state index in [4.69, 9.17) is 0 Å². The minimum absolute atomic E-state index is 0.282. The van der Waals surface area contributed by atoms with Crippen molar-refractivity contribution in [3.05, 3.63) is 92.9 Å². The fourth-order valence-electron chi connectivity index (χ4n) is 3.63. The van der Waals surface area contributed by atoms with Crippen molar-refractivity contribution in [1.29, 1.82) is 0 Å². The monoisotopic (exact) mass is 388 g/mol. The molecule has 2 heterocycles. The van der Waals surface area contributed by atoms with Gasteiger partial charge < -0.3 is 4.57 Å². The van der Waals surface area contributed by atoms with E-state index in [-0.39, 0.29) is 11.2 Å². The summed E-state index contributed by atoms with van der Waals surface area (Å²) >= 11 is 0. The van der Waals surface area contributed by atoms with Gasteiger partial charge in [0, 0.05) is 13.1 Å². The lowest BCUT2D eigenvalue weighted by Crippen LogP contribution is -2.40. The first kappa shape index (κ1) is 18.9. The highest BCUT2D eigenvalue weighted by atomic mass is 16.2. The first-order chi connectivity index (χ1) is 14.1. The number of hydrogen-bond donors (Lipinski definition) is 0. The molecule has 0 unspecified atom stereocenters. The molecule has 4 aromatic rings. The van der Waals surface area contributed by atoms with E-state index in [9.17, 15) is 9.59 Å². The fraction of sp³-hybridized carbons (Fsp3) is 0.261. The molecular formula is C23H24N4O2. The second-order valence-corrected chi connectivity index (χ2v) is 7.30. The molecule has 0 saturated carbocycles. The number of aryl methyl sites for hydroxylation is 1. The quantitative estimate of drug-likeness (QED) is 0.508. The molecule has 148 valence electrons. The summed E-state index contributed by atoms with van der Waals surface area (Å²) < 4.78 is 4.72. The standard InChI is InChI=1S/C23H24N4O2/c1-3-4-13-26-22(28)20-21(27(23(26)29)19-11-6-5-7-12-19)24-16-25(20)15-18-10-8-9-17(2)14-18/h5-12,14,16H,3-4,13,15H2,1-2H3. The number of hydrogen-bond acceptors (Lipinski definition) is 3. The van der Waals surface area contributed by atoms with Gasteiger partial charge in [0.05, 0.1) is 12.0 Å². The first-order valence-electron chi connectivity index (χ1n) is 9.92. The molecule has 2 aromatic carbocycles. The Morgan fingerprint density at radius 3 is 2.52 bits per heavy atom. The lowest BCUT2D eigenvalue weighted by Gasteiger charge is -2.12. The summed E-state index contributed by atoms with van der Waals surface area (Å²) in [5.41, 5.74) is 3.17. The average Bonchev–Trinajstić information content (AvgIpc) is 3.12. The van der Waals surface area contributed by atoms with Crippen molar-refractivity contribution in [1.82, 2.24) is 18.7 Å². The Hall–Kier alpha value is -3.41. The van der Waals surface area contributed by atoms with Crippen LogP contribution in [-0.4, -0.2) is 18.7 Å². The molecule has 0 N–H and O–H groups in total. The van der Waals surface area contributed by atoms with Gasteiger partial charge >= 0.3 is 5.69 Å². The summed E-state index contributed by atoms with van der Waals surface area (Å²) in [6.07, 6.45) is 3.32. The van der Waals surface area contributed by atoms with E-state index in [0.717, 1.165) is 24.0 Å². The number of unbranched alkanes of at least 4 members (excludes halogenated alkanes) is 1. The van der Waals surface area contributed by atoms with Crippen LogP contribution in [0.2, 0.25) is 0 Å². The number of imidazole rings is 1. The van der Waals surface area contributed by atoms with Crippen LogP contribution in [0.25, 0.3) is 16.9 Å². The van der Waals surface area contributed by atoms with Crippen LogP contribution in [0.3, 0.4) is 0 Å². The second-order valence-electron chi connectivity index (χ2n) is 7.30. The van der Waals surface area contributed by atoms with Gasteiger partial charge in [-0.3, -0.25) is 9.36 Å². The van der Waals surface area contributed by atoms with Crippen molar-refractivity contribution >= 4 is 11.2 Å². The third-order valence-corrected chi connectivity index (χ3v) is 5.09. The Morgan fingerprint density at radius 1 is 1.00 bits per heavy atom. The van der Waals surface area contributed by atoms with Crippen LogP contribution < -0.4 is 11.2 Å². The predicted molar refractivity (Wildman–Crippen MR) is 115 cm³/mol. The van der Waals surface area contributed by atoms with Crippen molar-refractivity contribution in [3.63, 3.8) is 0 Å². The number of nitrogens with zero attached hydrogens (tertiary/aromatic N) is 4. The van der Waals surface area contributed by atoms with Crippen molar-refractivity contribution < 1.29 is 0 Å². The van der Waals surface area contributed by atoms with Gasteiger partial charge in [0.15, 0.2) is 11.2 Å². The lowest BCUT2D eigenvalue weighted by atomic mass is 10.1. The van der Waals surface area contributed by atoms with Crippen LogP contribution in [0.4, 0.5) is 0 Å². The highest BCUT2D eigenvalue weighted by Crippen LogP contribution is 2.15. The highest BCUT2D eigenvalue weighted by Gasteiger charge is 2.19. The third-order valence-electron chi connectivity index (χ3n) is 5.09. The summed E-state index contributed by atoms with van der Waals surface area (Å²) in [4.78, 5) is 30.9. The van der Waals surface area contributed by atoms with Crippen LogP contribution in [0.5, 0.6) is 0 Å². The number of aromatic nitrogens is 4. The van der Waals surface area contributed by atoms with Gasteiger partial charge in [-0.1, -0.05) is 61.4 Å².